The number of rotatable bonds is 13. The lowest BCUT2D eigenvalue weighted by Crippen LogP contribution is -2.44. The fourth-order valence-corrected chi connectivity index (χ4v) is 3.19. The Balaban J connectivity index is 1.98. The van der Waals surface area contributed by atoms with Gasteiger partial charge in [-0.15, -0.1) is 0 Å². The molecule has 0 N–H and O–H groups in total. The van der Waals surface area contributed by atoms with Crippen molar-refractivity contribution < 1.29 is 23.9 Å². The summed E-state index contributed by atoms with van der Waals surface area (Å²) < 4.78 is 12.0. The van der Waals surface area contributed by atoms with Crippen LogP contribution in [0.25, 0.3) is 0 Å². The number of amides is 2. The number of aryl methyl sites for hydroxylation is 1. The van der Waals surface area contributed by atoms with E-state index in [4.69, 9.17) is 9.47 Å². The third-order valence-corrected chi connectivity index (χ3v) is 5.00. The summed E-state index contributed by atoms with van der Waals surface area (Å²) in [6.45, 7) is 3.50. The fraction of sp³-hybridized carbons (Fsp3) is 0.667. The average molecular weight is 408 g/mol. The van der Waals surface area contributed by atoms with E-state index in [1.165, 1.54) is 0 Å². The van der Waals surface area contributed by atoms with Gasteiger partial charge in [0.15, 0.2) is 0 Å². The number of ether oxygens (including phenoxy) is 2. The van der Waals surface area contributed by atoms with Crippen LogP contribution in [0.4, 0.5) is 0 Å². The van der Waals surface area contributed by atoms with E-state index in [-0.39, 0.29) is 37.2 Å². The van der Waals surface area contributed by atoms with E-state index < -0.39 is 5.97 Å². The molecule has 2 rings (SSSR count). The van der Waals surface area contributed by atoms with E-state index in [9.17, 15) is 14.4 Å². The second-order valence-electron chi connectivity index (χ2n) is 7.33. The Hall–Kier alpha value is -2.35. The van der Waals surface area contributed by atoms with Crippen molar-refractivity contribution in [2.24, 2.45) is 7.05 Å². The molecule has 1 saturated carbocycles. The van der Waals surface area contributed by atoms with Gasteiger partial charge in [0.05, 0.1) is 26.1 Å². The number of nitrogens with zero attached hydrogens (tertiary/aromatic N) is 3. The number of carbonyl (C=O) groups is 3. The summed E-state index contributed by atoms with van der Waals surface area (Å²) in [4.78, 5) is 40.7. The van der Waals surface area contributed by atoms with Crippen LogP contribution in [0.5, 0.6) is 0 Å². The van der Waals surface area contributed by atoms with Gasteiger partial charge in [-0.2, -0.15) is 0 Å². The summed E-state index contributed by atoms with van der Waals surface area (Å²) in [5.74, 6) is -0.667. The van der Waals surface area contributed by atoms with Gasteiger partial charge in [-0.3, -0.25) is 14.4 Å². The molecule has 1 aromatic heterocycles. The second kappa shape index (κ2) is 11.6. The molecule has 0 aromatic carbocycles. The number of methoxy groups -OCH3 is 1. The first-order chi connectivity index (χ1) is 14.0. The Morgan fingerprint density at radius 1 is 1.21 bits per heavy atom. The number of hydrogen-bond donors (Lipinski definition) is 0. The van der Waals surface area contributed by atoms with Crippen LogP contribution in [0, 0.1) is 0 Å². The van der Waals surface area contributed by atoms with Crippen LogP contribution in [0.2, 0.25) is 0 Å². The predicted molar refractivity (Wildman–Crippen MR) is 108 cm³/mol. The molecule has 2 amide bonds. The van der Waals surface area contributed by atoms with Crippen molar-refractivity contribution in [2.45, 2.75) is 51.6 Å². The summed E-state index contributed by atoms with van der Waals surface area (Å²) in [6.07, 6.45) is 4.65. The molecule has 162 valence electrons. The van der Waals surface area contributed by atoms with Crippen LogP contribution in [-0.4, -0.2) is 71.6 Å². The van der Waals surface area contributed by atoms with E-state index in [1.807, 2.05) is 34.8 Å². The zero-order valence-corrected chi connectivity index (χ0v) is 17.8. The molecule has 1 aliphatic carbocycles. The van der Waals surface area contributed by atoms with Gasteiger partial charge in [0.2, 0.25) is 11.8 Å². The topological polar surface area (TPSA) is 81.1 Å². The van der Waals surface area contributed by atoms with E-state index in [0.29, 0.717) is 32.7 Å². The number of aromatic nitrogens is 1. The summed E-state index contributed by atoms with van der Waals surface area (Å²) in [6, 6.07) is 4.21. The van der Waals surface area contributed by atoms with Crippen molar-refractivity contribution in [1.29, 1.82) is 0 Å². The van der Waals surface area contributed by atoms with Crippen molar-refractivity contribution >= 4 is 17.8 Å². The molecule has 0 atom stereocenters. The fourth-order valence-electron chi connectivity index (χ4n) is 3.19. The quantitative estimate of drug-likeness (QED) is 0.367. The minimum absolute atomic E-state index is 0.0201. The lowest BCUT2D eigenvalue weighted by molar-refractivity contribution is -0.146. The van der Waals surface area contributed by atoms with Gasteiger partial charge in [-0.05, 0) is 38.3 Å². The Morgan fingerprint density at radius 2 is 1.97 bits per heavy atom. The van der Waals surface area contributed by atoms with Crippen LogP contribution in [0.15, 0.2) is 18.3 Å². The van der Waals surface area contributed by atoms with Crippen LogP contribution in [0.3, 0.4) is 0 Å². The zero-order chi connectivity index (χ0) is 21.2. The highest BCUT2D eigenvalue weighted by Crippen LogP contribution is 2.28. The van der Waals surface area contributed by atoms with Crippen molar-refractivity contribution in [3.05, 3.63) is 24.0 Å². The third kappa shape index (κ3) is 7.53. The average Bonchev–Trinajstić information content (AvgIpc) is 3.45. The molecule has 0 bridgehead atoms. The first-order valence-corrected chi connectivity index (χ1v) is 10.3. The van der Waals surface area contributed by atoms with E-state index in [0.717, 1.165) is 18.5 Å². The molecule has 1 aliphatic rings. The Bertz CT molecular complexity index is 684. The van der Waals surface area contributed by atoms with Crippen LogP contribution in [-0.2, 0) is 37.4 Å². The van der Waals surface area contributed by atoms with Crippen molar-refractivity contribution in [1.82, 2.24) is 14.4 Å². The van der Waals surface area contributed by atoms with Gasteiger partial charge in [-0.25, -0.2) is 0 Å². The Morgan fingerprint density at radius 3 is 2.55 bits per heavy atom. The van der Waals surface area contributed by atoms with Gasteiger partial charge in [0, 0.05) is 51.7 Å². The van der Waals surface area contributed by atoms with Crippen molar-refractivity contribution in [3.63, 3.8) is 0 Å². The van der Waals surface area contributed by atoms with Crippen LogP contribution >= 0.6 is 0 Å². The molecule has 0 saturated heterocycles. The Kier molecular flexibility index (Phi) is 9.18. The first kappa shape index (κ1) is 22.9. The van der Waals surface area contributed by atoms with Gasteiger partial charge >= 0.3 is 5.97 Å². The molecule has 1 aromatic rings. The van der Waals surface area contributed by atoms with Crippen molar-refractivity contribution in [2.75, 3.05) is 33.4 Å². The highest BCUT2D eigenvalue weighted by Gasteiger charge is 2.34. The first-order valence-electron chi connectivity index (χ1n) is 10.3. The largest absolute Gasteiger partial charge is 0.466 e. The third-order valence-electron chi connectivity index (χ3n) is 5.00. The molecule has 8 nitrogen and oxygen atoms in total. The number of carbonyl (C=O) groups excluding carboxylic acids is 3. The minimum Gasteiger partial charge on any atom is -0.466 e. The van der Waals surface area contributed by atoms with E-state index in [1.54, 1.807) is 18.9 Å². The molecule has 8 heteroatoms. The molecular formula is C21H33N3O5. The highest BCUT2D eigenvalue weighted by molar-refractivity contribution is 5.86. The maximum absolute atomic E-state index is 13.1. The molecule has 1 fully saturated rings. The molecule has 0 radical (unpaired) electrons. The zero-order valence-electron chi connectivity index (χ0n) is 17.8. The number of hydrogen-bond acceptors (Lipinski definition) is 5. The van der Waals surface area contributed by atoms with Gasteiger partial charge < -0.3 is 23.8 Å². The second-order valence-corrected chi connectivity index (χ2v) is 7.33. The lowest BCUT2D eigenvalue weighted by atomic mass is 10.2. The molecular weight excluding hydrogens is 374 g/mol. The normalized spacial score (nSPS) is 13.2. The monoisotopic (exact) mass is 407 g/mol. The maximum atomic E-state index is 13.1. The molecule has 29 heavy (non-hydrogen) atoms. The summed E-state index contributed by atoms with van der Waals surface area (Å²) in [5, 5.41) is 0. The Labute approximate surface area is 172 Å². The van der Waals surface area contributed by atoms with E-state index in [2.05, 4.69) is 0 Å². The van der Waals surface area contributed by atoms with Crippen molar-refractivity contribution in [3.8, 4) is 0 Å². The van der Waals surface area contributed by atoms with Crippen LogP contribution < -0.4 is 0 Å². The highest BCUT2D eigenvalue weighted by atomic mass is 16.5. The smallest absolute Gasteiger partial charge is 0.306 e. The summed E-state index contributed by atoms with van der Waals surface area (Å²) in [5.41, 5.74) is 1.06. The SMILES string of the molecule is CCOC(=O)CCC(=O)N(CCCOC)CC(=O)N(Cc1cccn1C)C1CC1. The standard InChI is InChI=1S/C21H33N3O5/c1-4-29-21(27)11-10-19(25)23(13-6-14-28-3)16-20(26)24(17-8-9-17)15-18-7-5-12-22(18)2/h5,7,12,17H,4,6,8-11,13-16H2,1-3H3. The van der Waals surface area contributed by atoms with Gasteiger partial charge in [-0.1, -0.05) is 0 Å². The molecule has 1 heterocycles. The summed E-state index contributed by atoms with van der Waals surface area (Å²) in [7, 11) is 3.56. The number of esters is 1. The minimum atomic E-state index is -0.396. The molecule has 0 spiro atoms. The maximum Gasteiger partial charge on any atom is 0.306 e. The van der Waals surface area contributed by atoms with Crippen LogP contribution in [0.1, 0.15) is 44.7 Å². The summed E-state index contributed by atoms with van der Waals surface area (Å²) >= 11 is 0. The lowest BCUT2D eigenvalue weighted by Gasteiger charge is -2.28. The molecule has 0 aliphatic heterocycles. The van der Waals surface area contributed by atoms with Gasteiger partial charge in [0.1, 0.15) is 0 Å². The van der Waals surface area contributed by atoms with Gasteiger partial charge in [0.25, 0.3) is 0 Å². The predicted octanol–water partition coefficient (Wildman–Crippen LogP) is 1.72. The van der Waals surface area contributed by atoms with E-state index >= 15 is 0 Å². The molecule has 0 unspecified atom stereocenters.